The van der Waals surface area contributed by atoms with Crippen LogP contribution in [0.5, 0.6) is 0 Å². The molecule has 60 heavy (non-hydrogen) atoms. The Kier molecular flexibility index (Phi) is 35.5. The van der Waals surface area contributed by atoms with Crippen molar-refractivity contribution in [2.75, 3.05) is 0 Å². The minimum absolute atomic E-state index is 0.934. The lowest BCUT2D eigenvalue weighted by Crippen LogP contribution is -2.12. The zero-order valence-electron chi connectivity index (χ0n) is 40.0. The van der Waals surface area contributed by atoms with Crippen LogP contribution in [0.4, 0.5) is 11.4 Å². The summed E-state index contributed by atoms with van der Waals surface area (Å²) >= 11 is 0. The third kappa shape index (κ3) is 30.1. The lowest BCUT2D eigenvalue weighted by molar-refractivity contribution is 0.540. The number of benzene rings is 2. The van der Waals surface area contributed by atoms with E-state index in [1.165, 1.54) is 204 Å². The summed E-state index contributed by atoms with van der Waals surface area (Å²) in [6.45, 7) is 9.10. The summed E-state index contributed by atoms with van der Waals surface area (Å²) in [5.74, 6) is 0. The molecular weight excluding hydrogens is 725 g/mol. The predicted octanol–water partition coefficient (Wildman–Crippen LogP) is 20.5. The van der Waals surface area contributed by atoms with Gasteiger partial charge in [0.2, 0.25) is 0 Å². The molecule has 2 aromatic rings. The summed E-state index contributed by atoms with van der Waals surface area (Å²) in [7, 11) is 0. The molecule has 0 aliphatic carbocycles. The van der Waals surface area contributed by atoms with Gasteiger partial charge in [0.25, 0.3) is 0 Å². The maximum atomic E-state index is 5.24. The fraction of sp³-hybridized carbons (Fsp3) is 0.655. The van der Waals surface area contributed by atoms with E-state index in [0.717, 1.165) is 48.5 Å². The summed E-state index contributed by atoms with van der Waals surface area (Å²) in [6, 6.07) is 17.6. The molecule has 0 saturated heterocycles. The van der Waals surface area contributed by atoms with Crippen LogP contribution in [0.2, 0.25) is 0 Å². The van der Waals surface area contributed by atoms with Gasteiger partial charge in [0.15, 0.2) is 0 Å². The average Bonchev–Trinajstić information content (AvgIpc) is 3.27. The fourth-order valence-electron chi connectivity index (χ4n) is 7.96. The Bertz CT molecular complexity index is 1390. The van der Waals surface area contributed by atoms with Gasteiger partial charge in [-0.25, -0.2) is 4.99 Å². The summed E-state index contributed by atoms with van der Waals surface area (Å²) in [5.41, 5.74) is 6.59. The molecule has 336 valence electrons. The standard InChI is InChI=1S/C58H94N2/c1-5-9-13-15-17-19-21-23-25-27-29-31-33-35-39-41-53-45-49-55(50-46-53)59-57(43-37-11-7-3)58(44-38-12-8-4)60-56-51-47-54(48-52-56)42-40-36-34-32-30-28-26-24-22-20-18-16-14-10-6-2/h37,39-43,45-52H,5-36,38,44H2,1-4H3. The Hall–Kier alpha value is -3.00. The van der Waals surface area contributed by atoms with Crippen LogP contribution in [0.15, 0.2) is 82.8 Å². The lowest BCUT2D eigenvalue weighted by Gasteiger charge is -2.09. The maximum absolute atomic E-state index is 5.24. The highest BCUT2D eigenvalue weighted by Gasteiger charge is 2.09. The van der Waals surface area contributed by atoms with Gasteiger partial charge in [-0.3, -0.25) is 4.99 Å². The van der Waals surface area contributed by atoms with Crippen LogP contribution in [-0.4, -0.2) is 11.4 Å². The van der Waals surface area contributed by atoms with Crippen molar-refractivity contribution in [3.63, 3.8) is 0 Å². The number of nitrogens with zero attached hydrogens (tertiary/aromatic N) is 2. The van der Waals surface area contributed by atoms with Crippen LogP contribution in [0.25, 0.3) is 12.2 Å². The lowest BCUT2D eigenvalue weighted by atomic mass is 10.0. The second-order valence-corrected chi connectivity index (χ2v) is 17.8. The van der Waals surface area contributed by atoms with Gasteiger partial charge in [-0.1, -0.05) is 256 Å². The second-order valence-electron chi connectivity index (χ2n) is 17.8. The van der Waals surface area contributed by atoms with Crippen molar-refractivity contribution in [3.05, 3.63) is 84.0 Å². The zero-order valence-corrected chi connectivity index (χ0v) is 40.0. The predicted molar refractivity (Wildman–Crippen MR) is 274 cm³/mol. The molecule has 0 aliphatic heterocycles. The number of hydrogen-bond acceptors (Lipinski definition) is 2. The van der Waals surface area contributed by atoms with Gasteiger partial charge < -0.3 is 0 Å². The van der Waals surface area contributed by atoms with E-state index in [1.807, 2.05) is 0 Å². The van der Waals surface area contributed by atoms with Crippen molar-refractivity contribution in [2.45, 2.75) is 246 Å². The summed E-state index contributed by atoms with van der Waals surface area (Å²) < 4.78 is 0. The van der Waals surface area contributed by atoms with Crippen LogP contribution < -0.4 is 0 Å². The van der Waals surface area contributed by atoms with Gasteiger partial charge in [0.05, 0.1) is 22.8 Å². The first kappa shape index (κ1) is 53.1. The van der Waals surface area contributed by atoms with Gasteiger partial charge in [-0.05, 0) is 86.4 Å². The molecule has 0 fully saturated rings. The number of rotatable bonds is 40. The Balaban J connectivity index is 1.85. The highest BCUT2D eigenvalue weighted by Crippen LogP contribution is 2.21. The summed E-state index contributed by atoms with van der Waals surface area (Å²) in [6.07, 6.45) is 59.3. The maximum Gasteiger partial charge on any atom is 0.0848 e. The van der Waals surface area contributed by atoms with Crippen LogP contribution >= 0.6 is 0 Å². The highest BCUT2D eigenvalue weighted by atomic mass is 14.8. The molecular formula is C58H94N2. The topological polar surface area (TPSA) is 24.7 Å². The third-order valence-corrected chi connectivity index (χ3v) is 11.9. The molecule has 2 nitrogen and oxygen atoms in total. The summed E-state index contributed by atoms with van der Waals surface area (Å²) in [4.78, 5) is 10.5. The van der Waals surface area contributed by atoms with E-state index >= 15 is 0 Å². The molecule has 0 atom stereocenters. The number of allylic oxidation sites excluding steroid dienone is 4. The third-order valence-electron chi connectivity index (χ3n) is 11.9. The quantitative estimate of drug-likeness (QED) is 0.0473. The van der Waals surface area contributed by atoms with Crippen molar-refractivity contribution in [1.29, 1.82) is 0 Å². The first-order valence-electron chi connectivity index (χ1n) is 26.1. The first-order valence-corrected chi connectivity index (χ1v) is 26.1. The zero-order chi connectivity index (χ0) is 42.8. The Morgan fingerprint density at radius 2 is 0.700 bits per heavy atom. The highest BCUT2D eigenvalue weighted by molar-refractivity contribution is 6.47. The van der Waals surface area contributed by atoms with Gasteiger partial charge in [-0.2, -0.15) is 0 Å². The largest absolute Gasteiger partial charge is 0.251 e. The number of unbranched alkanes of at least 4 members (excludes halogenated alkanes) is 29. The van der Waals surface area contributed by atoms with Gasteiger partial charge in [-0.15, -0.1) is 0 Å². The van der Waals surface area contributed by atoms with E-state index in [2.05, 4.69) is 113 Å². The molecule has 0 N–H and O–H groups in total. The minimum Gasteiger partial charge on any atom is -0.251 e. The van der Waals surface area contributed by atoms with Crippen molar-refractivity contribution in [3.8, 4) is 0 Å². The van der Waals surface area contributed by atoms with E-state index in [1.54, 1.807) is 0 Å². The van der Waals surface area contributed by atoms with Crippen molar-refractivity contribution >= 4 is 35.0 Å². The molecule has 2 aromatic carbocycles. The van der Waals surface area contributed by atoms with E-state index < -0.39 is 0 Å². The van der Waals surface area contributed by atoms with E-state index in [9.17, 15) is 0 Å². The van der Waals surface area contributed by atoms with Crippen molar-refractivity contribution in [2.24, 2.45) is 9.98 Å². The molecule has 0 heterocycles. The van der Waals surface area contributed by atoms with Gasteiger partial charge in [0, 0.05) is 0 Å². The Morgan fingerprint density at radius 1 is 0.350 bits per heavy atom. The molecule has 0 radical (unpaired) electrons. The smallest absolute Gasteiger partial charge is 0.0848 e. The molecule has 0 amide bonds. The number of hydrogen-bond donors (Lipinski definition) is 0. The molecule has 0 spiro atoms. The molecule has 0 saturated carbocycles. The Labute approximate surface area is 373 Å². The monoisotopic (exact) mass is 819 g/mol. The van der Waals surface area contributed by atoms with Crippen LogP contribution in [0.3, 0.4) is 0 Å². The molecule has 2 rings (SSSR count). The van der Waals surface area contributed by atoms with Crippen molar-refractivity contribution < 1.29 is 0 Å². The molecule has 0 bridgehead atoms. The minimum atomic E-state index is 0.934. The normalized spacial score (nSPS) is 12.6. The Morgan fingerprint density at radius 3 is 1.08 bits per heavy atom. The van der Waals surface area contributed by atoms with E-state index in [4.69, 9.17) is 9.98 Å². The molecule has 0 unspecified atom stereocenters. The molecule has 0 aromatic heterocycles. The van der Waals surface area contributed by atoms with Gasteiger partial charge >= 0.3 is 0 Å². The van der Waals surface area contributed by atoms with E-state index in [0.29, 0.717) is 0 Å². The van der Waals surface area contributed by atoms with Crippen molar-refractivity contribution in [1.82, 2.24) is 0 Å². The fourth-order valence-corrected chi connectivity index (χ4v) is 7.96. The molecule has 0 aliphatic rings. The summed E-state index contributed by atoms with van der Waals surface area (Å²) in [5, 5.41) is 0. The van der Waals surface area contributed by atoms with Gasteiger partial charge in [0.1, 0.15) is 0 Å². The van der Waals surface area contributed by atoms with Crippen LogP contribution in [-0.2, 0) is 0 Å². The van der Waals surface area contributed by atoms with Crippen LogP contribution in [0, 0.1) is 0 Å². The average molecular weight is 819 g/mol. The van der Waals surface area contributed by atoms with E-state index in [-0.39, 0.29) is 0 Å². The van der Waals surface area contributed by atoms with Crippen LogP contribution in [0.1, 0.15) is 257 Å². The second kappa shape index (κ2) is 40.1. The molecule has 2 heteroatoms. The SMILES string of the molecule is CCCC=CC(=Nc1ccc(C=CCCCCCCCCCCCCCCC)cc1)C(CCCCC)=Nc1ccc(C=CCCCCCCCCCCCCCCC)cc1. The number of aliphatic imine (C=N–C) groups is 2. The first-order chi connectivity index (χ1) is 29.7.